The average molecular weight is 1290 g/mol. The first kappa shape index (κ1) is 89.3. The van der Waals surface area contributed by atoms with E-state index in [1.165, 1.54) is 385 Å². The topological polar surface area (TPSA) is 111 Å². The zero-order valence-electron chi connectivity index (χ0n) is 62.3. The molecule has 0 rings (SSSR count). The van der Waals surface area contributed by atoms with Crippen LogP contribution in [0, 0.1) is 0 Å². The van der Waals surface area contributed by atoms with Gasteiger partial charge < -0.3 is 33.3 Å². The largest absolute Gasteiger partial charge is 0.545 e. The SMILES string of the molecule is CCCCCCCCCCCCCCCCCCCCCCCCCCCCCCCCCCCC(=O)OCC(COC(OCC[N+](C)(C)C)C(=O)[O-])OC(=O)CCCCCCCCCCCCCCCCCCCCCCCCCCCCCCCCCCC. The molecule has 0 amide bonds. The number of carboxylic acids is 1. The van der Waals surface area contributed by atoms with Gasteiger partial charge in [0.2, 0.25) is 0 Å². The van der Waals surface area contributed by atoms with Crippen molar-refractivity contribution < 1.29 is 42.9 Å². The number of likely N-dealkylation sites (N-methyl/N-ethyl adjacent to an activating group) is 1. The van der Waals surface area contributed by atoms with Crippen LogP contribution in [0.5, 0.6) is 0 Å². The van der Waals surface area contributed by atoms with Crippen molar-refractivity contribution in [3.63, 3.8) is 0 Å². The van der Waals surface area contributed by atoms with E-state index >= 15 is 0 Å². The van der Waals surface area contributed by atoms with Crippen molar-refractivity contribution in [2.45, 2.75) is 463 Å². The third-order valence-corrected chi connectivity index (χ3v) is 19.4. The molecule has 2 unspecified atom stereocenters. The van der Waals surface area contributed by atoms with Gasteiger partial charge >= 0.3 is 11.9 Å². The van der Waals surface area contributed by atoms with E-state index in [9.17, 15) is 19.5 Å². The molecule has 0 bridgehead atoms. The van der Waals surface area contributed by atoms with Crippen LogP contribution in [0.4, 0.5) is 0 Å². The van der Waals surface area contributed by atoms with Gasteiger partial charge in [-0.15, -0.1) is 0 Å². The van der Waals surface area contributed by atoms with Gasteiger partial charge in [-0.1, -0.05) is 425 Å². The predicted octanol–water partition coefficient (Wildman–Crippen LogP) is 24.8. The lowest BCUT2D eigenvalue weighted by atomic mass is 10.0. The lowest BCUT2D eigenvalue weighted by molar-refractivity contribution is -0.870. The third kappa shape index (κ3) is 75.5. The summed E-state index contributed by atoms with van der Waals surface area (Å²) in [6.07, 6.45) is 88.2. The summed E-state index contributed by atoms with van der Waals surface area (Å²) in [5, 5.41) is 11.9. The highest BCUT2D eigenvalue weighted by molar-refractivity contribution is 5.70. The van der Waals surface area contributed by atoms with Gasteiger partial charge in [0.05, 0.1) is 40.3 Å². The number of hydrogen-bond acceptors (Lipinski definition) is 8. The Morgan fingerprint density at radius 1 is 0.286 bits per heavy atom. The lowest BCUT2D eigenvalue weighted by Crippen LogP contribution is -2.44. The molecule has 0 N–H and O–H groups in total. The number of rotatable bonds is 79. The van der Waals surface area contributed by atoms with Crippen molar-refractivity contribution >= 4 is 17.9 Å². The number of unbranched alkanes of at least 4 members (excludes halogenated alkanes) is 64. The summed E-state index contributed by atoms with van der Waals surface area (Å²) in [5.74, 6) is -2.24. The third-order valence-electron chi connectivity index (χ3n) is 19.4. The van der Waals surface area contributed by atoms with Gasteiger partial charge in [-0.05, 0) is 12.8 Å². The van der Waals surface area contributed by atoms with Crippen molar-refractivity contribution in [3.8, 4) is 0 Å². The molecule has 0 heterocycles. The number of nitrogens with zero attached hydrogens (tertiary/aromatic N) is 1. The number of hydrogen-bond donors (Lipinski definition) is 0. The highest BCUT2D eigenvalue weighted by Gasteiger charge is 2.22. The fourth-order valence-corrected chi connectivity index (χ4v) is 13.1. The van der Waals surface area contributed by atoms with Crippen LogP contribution in [-0.2, 0) is 33.3 Å². The second-order valence-electron chi connectivity index (χ2n) is 29.8. The van der Waals surface area contributed by atoms with Gasteiger partial charge in [0.25, 0.3) is 0 Å². The molecule has 0 aliphatic rings. The molecule has 542 valence electrons. The first-order valence-electron chi connectivity index (χ1n) is 41.2. The lowest BCUT2D eigenvalue weighted by Gasteiger charge is -2.26. The molecule has 0 radical (unpaired) electrons. The second-order valence-corrected chi connectivity index (χ2v) is 29.8. The molecule has 2 atom stereocenters. The number of ether oxygens (including phenoxy) is 4. The Labute approximate surface area is 568 Å². The molecule has 9 nitrogen and oxygen atoms in total. The predicted molar refractivity (Wildman–Crippen MR) is 390 cm³/mol. The van der Waals surface area contributed by atoms with Crippen LogP contribution in [0.25, 0.3) is 0 Å². The summed E-state index contributed by atoms with van der Waals surface area (Å²) >= 11 is 0. The molecule has 0 saturated carbocycles. The van der Waals surface area contributed by atoms with E-state index in [-0.39, 0.29) is 32.2 Å². The molecule has 0 aromatic heterocycles. The minimum absolute atomic E-state index is 0.154. The van der Waals surface area contributed by atoms with E-state index in [2.05, 4.69) is 13.8 Å². The van der Waals surface area contributed by atoms with Crippen molar-refractivity contribution in [2.75, 3.05) is 47.5 Å². The smallest absolute Gasteiger partial charge is 0.306 e. The van der Waals surface area contributed by atoms with E-state index < -0.39 is 24.3 Å². The zero-order valence-corrected chi connectivity index (χ0v) is 62.3. The summed E-state index contributed by atoms with van der Waals surface area (Å²) in [4.78, 5) is 37.6. The van der Waals surface area contributed by atoms with E-state index in [0.29, 0.717) is 17.4 Å². The maximum Gasteiger partial charge on any atom is 0.306 e. The Balaban J connectivity index is 3.93. The molecular weight excluding hydrogens is 1130 g/mol. The summed E-state index contributed by atoms with van der Waals surface area (Å²) < 4.78 is 22.9. The number of carboxylic acid groups (broad SMARTS) is 1. The van der Waals surface area contributed by atoms with Gasteiger partial charge in [-0.2, -0.15) is 0 Å². The van der Waals surface area contributed by atoms with E-state index in [1.807, 2.05) is 21.1 Å². The van der Waals surface area contributed by atoms with Crippen LogP contribution in [0.3, 0.4) is 0 Å². The average Bonchev–Trinajstić information content (AvgIpc) is 3.63. The van der Waals surface area contributed by atoms with Crippen molar-refractivity contribution in [1.82, 2.24) is 0 Å². The number of esters is 2. The fourth-order valence-electron chi connectivity index (χ4n) is 13.1. The van der Waals surface area contributed by atoms with Crippen molar-refractivity contribution in [3.05, 3.63) is 0 Å². The van der Waals surface area contributed by atoms with E-state index in [0.717, 1.165) is 38.5 Å². The van der Waals surface area contributed by atoms with Gasteiger partial charge in [-0.25, -0.2) is 0 Å². The van der Waals surface area contributed by atoms with E-state index in [1.54, 1.807) is 0 Å². The Morgan fingerprint density at radius 2 is 0.495 bits per heavy atom. The quantitative estimate of drug-likeness (QED) is 0.0256. The molecule has 0 saturated heterocycles. The Bertz CT molecular complexity index is 1450. The molecule has 0 aromatic rings. The van der Waals surface area contributed by atoms with Gasteiger partial charge in [0, 0.05) is 12.8 Å². The van der Waals surface area contributed by atoms with Gasteiger partial charge in [0.15, 0.2) is 12.4 Å². The first-order chi connectivity index (χ1) is 44.6. The molecule has 0 aliphatic heterocycles. The van der Waals surface area contributed by atoms with E-state index in [4.69, 9.17) is 18.9 Å². The minimum Gasteiger partial charge on any atom is -0.545 e. The monoisotopic (exact) mass is 1290 g/mol. The first-order valence-corrected chi connectivity index (χ1v) is 41.2. The summed E-state index contributed by atoms with van der Waals surface area (Å²) in [5.41, 5.74) is 0. The molecular formula is C82H161NO8. The number of carbonyl (C=O) groups excluding carboxylic acids is 3. The maximum atomic E-state index is 13.0. The van der Waals surface area contributed by atoms with Crippen LogP contribution < -0.4 is 5.11 Å². The Kier molecular flexibility index (Phi) is 72.7. The van der Waals surface area contributed by atoms with Crippen molar-refractivity contribution in [2.24, 2.45) is 0 Å². The van der Waals surface area contributed by atoms with Crippen LogP contribution in [0.2, 0.25) is 0 Å². The van der Waals surface area contributed by atoms with Crippen LogP contribution in [0.1, 0.15) is 450 Å². The second kappa shape index (κ2) is 74.1. The Morgan fingerprint density at radius 3 is 0.703 bits per heavy atom. The molecule has 0 fully saturated rings. The zero-order chi connectivity index (χ0) is 66.1. The molecule has 91 heavy (non-hydrogen) atoms. The molecule has 0 spiro atoms. The normalized spacial score (nSPS) is 12.5. The standard InChI is InChI=1S/C82H161NO8/c1-6-8-10-12-14-16-18-20-22-24-26-28-30-32-34-36-38-40-42-44-46-48-50-52-54-56-58-60-62-64-66-68-70-72-79(84)89-76-78(77-90-82(81(86)87)88-75-74-83(3,4)5)91-80(85)73-71-69-67-65-63-61-59-57-55-53-51-49-47-45-43-41-39-37-35-33-31-29-27-25-23-21-19-17-15-13-11-9-7-2/h78,82H,6-77H2,1-5H3. The van der Waals surface area contributed by atoms with Crippen LogP contribution >= 0.6 is 0 Å². The highest BCUT2D eigenvalue weighted by Crippen LogP contribution is 2.21. The Hall–Kier alpha value is -1.71. The molecule has 0 aromatic carbocycles. The summed E-state index contributed by atoms with van der Waals surface area (Å²) in [6, 6.07) is 0. The number of carbonyl (C=O) groups is 3. The molecule has 9 heteroatoms. The van der Waals surface area contributed by atoms with Crippen LogP contribution in [-0.4, -0.2) is 82.3 Å². The van der Waals surface area contributed by atoms with Crippen LogP contribution in [0.15, 0.2) is 0 Å². The van der Waals surface area contributed by atoms with Gasteiger partial charge in [0.1, 0.15) is 13.2 Å². The van der Waals surface area contributed by atoms with Crippen molar-refractivity contribution in [1.29, 1.82) is 0 Å². The maximum absolute atomic E-state index is 13.0. The molecule has 0 aliphatic carbocycles. The summed E-state index contributed by atoms with van der Waals surface area (Å²) in [7, 11) is 5.96. The highest BCUT2D eigenvalue weighted by atomic mass is 16.7. The minimum atomic E-state index is -1.62. The van der Waals surface area contributed by atoms with Gasteiger partial charge in [-0.3, -0.25) is 9.59 Å². The number of aliphatic carboxylic acids is 1. The summed E-state index contributed by atoms with van der Waals surface area (Å²) in [6.45, 7) is 4.86. The number of quaternary nitrogens is 1. The fraction of sp³-hybridized carbons (Fsp3) is 0.963.